The molecule has 142 valence electrons. The minimum absolute atomic E-state index is 0.00288. The summed E-state index contributed by atoms with van der Waals surface area (Å²) < 4.78 is 11.1. The number of aryl methyl sites for hydroxylation is 2. The number of nitriles is 1. The molecule has 0 aliphatic heterocycles. The first-order chi connectivity index (χ1) is 12.9. The van der Waals surface area contributed by atoms with E-state index in [0.29, 0.717) is 23.6 Å². The lowest BCUT2D eigenvalue weighted by molar-refractivity contribution is 0.0987. The highest BCUT2D eigenvalue weighted by Gasteiger charge is 2.20. The first-order valence-corrected chi connectivity index (χ1v) is 8.98. The van der Waals surface area contributed by atoms with Crippen LogP contribution in [-0.2, 0) is 0 Å². The Bertz CT molecular complexity index is 853. The molecule has 0 N–H and O–H groups in total. The molecule has 0 bridgehead atoms. The fraction of sp³-hybridized carbons (Fsp3) is 0.364. The van der Waals surface area contributed by atoms with Gasteiger partial charge in [-0.05, 0) is 69.2 Å². The van der Waals surface area contributed by atoms with Gasteiger partial charge in [0.25, 0.3) is 5.91 Å². The van der Waals surface area contributed by atoms with Crippen LogP contribution >= 0.6 is 0 Å². The molecule has 0 radical (unpaired) electrons. The van der Waals surface area contributed by atoms with Crippen molar-refractivity contribution in [3.05, 3.63) is 53.1 Å². The second-order valence-electron chi connectivity index (χ2n) is 6.67. The third kappa shape index (κ3) is 5.01. The molecule has 0 aliphatic carbocycles. The number of methoxy groups -OCH3 is 1. The van der Waals surface area contributed by atoms with Crippen LogP contribution in [0, 0.1) is 25.2 Å². The van der Waals surface area contributed by atoms with Crippen molar-refractivity contribution in [3.8, 4) is 17.6 Å². The van der Waals surface area contributed by atoms with E-state index in [2.05, 4.69) is 6.07 Å². The van der Waals surface area contributed by atoms with Crippen LogP contribution in [0.25, 0.3) is 0 Å². The minimum atomic E-state index is -0.178. The smallest absolute Gasteiger partial charge is 0.258 e. The zero-order chi connectivity index (χ0) is 20.0. The molecule has 0 spiro atoms. The van der Waals surface area contributed by atoms with Crippen LogP contribution in [0.5, 0.6) is 11.5 Å². The van der Waals surface area contributed by atoms with E-state index >= 15 is 0 Å². The van der Waals surface area contributed by atoms with Crippen molar-refractivity contribution in [2.24, 2.45) is 0 Å². The molecular formula is C22H26N2O3. The van der Waals surface area contributed by atoms with Gasteiger partial charge in [0.1, 0.15) is 0 Å². The Balaban J connectivity index is 2.39. The lowest BCUT2D eigenvalue weighted by atomic mass is 10.1. The van der Waals surface area contributed by atoms with Crippen molar-refractivity contribution in [2.45, 2.75) is 40.2 Å². The lowest BCUT2D eigenvalue weighted by Gasteiger charge is -2.23. The van der Waals surface area contributed by atoms with Gasteiger partial charge in [-0.15, -0.1) is 0 Å². The van der Waals surface area contributed by atoms with Crippen LogP contribution in [0.3, 0.4) is 0 Å². The molecule has 0 fully saturated rings. The zero-order valence-corrected chi connectivity index (χ0v) is 16.6. The van der Waals surface area contributed by atoms with Crippen molar-refractivity contribution in [1.29, 1.82) is 5.26 Å². The molecule has 0 aliphatic rings. The van der Waals surface area contributed by atoms with Crippen molar-refractivity contribution < 1.29 is 14.3 Å². The molecule has 0 saturated carbocycles. The molecule has 0 heterocycles. The summed E-state index contributed by atoms with van der Waals surface area (Å²) in [6, 6.07) is 13.1. The standard InChI is InChI=1S/C22H26N2O3/c1-15(2)27-20-10-8-18(14-21(20)26-5)22(25)24(12-6-11-23)19-9-7-16(3)17(4)13-19/h7-10,13-15H,6,12H2,1-5H3. The number of hydrogen-bond donors (Lipinski definition) is 0. The Morgan fingerprint density at radius 3 is 2.44 bits per heavy atom. The van der Waals surface area contributed by atoms with Gasteiger partial charge in [-0.1, -0.05) is 6.07 Å². The van der Waals surface area contributed by atoms with E-state index < -0.39 is 0 Å². The average molecular weight is 366 g/mol. The molecule has 0 unspecified atom stereocenters. The highest BCUT2D eigenvalue weighted by molar-refractivity contribution is 6.06. The number of hydrogen-bond acceptors (Lipinski definition) is 4. The third-order valence-electron chi connectivity index (χ3n) is 4.27. The number of rotatable bonds is 7. The summed E-state index contributed by atoms with van der Waals surface area (Å²) in [7, 11) is 1.55. The van der Waals surface area contributed by atoms with E-state index in [9.17, 15) is 4.79 Å². The fourth-order valence-corrected chi connectivity index (χ4v) is 2.71. The van der Waals surface area contributed by atoms with E-state index in [4.69, 9.17) is 14.7 Å². The van der Waals surface area contributed by atoms with Crippen molar-refractivity contribution in [3.63, 3.8) is 0 Å². The van der Waals surface area contributed by atoms with Crippen molar-refractivity contribution >= 4 is 11.6 Å². The molecule has 2 aromatic carbocycles. The van der Waals surface area contributed by atoms with Gasteiger partial charge >= 0.3 is 0 Å². The van der Waals surface area contributed by atoms with Crippen LogP contribution in [-0.4, -0.2) is 25.7 Å². The van der Waals surface area contributed by atoms with Gasteiger partial charge in [-0.2, -0.15) is 5.26 Å². The first-order valence-electron chi connectivity index (χ1n) is 8.98. The molecular weight excluding hydrogens is 340 g/mol. The Kier molecular flexibility index (Phi) is 6.84. The van der Waals surface area contributed by atoms with Crippen LogP contribution in [0.4, 0.5) is 5.69 Å². The maximum absolute atomic E-state index is 13.2. The Hall–Kier alpha value is -3.00. The molecule has 0 saturated heterocycles. The highest BCUT2D eigenvalue weighted by Crippen LogP contribution is 2.30. The van der Waals surface area contributed by atoms with Gasteiger partial charge in [0.05, 0.1) is 25.7 Å². The first kappa shape index (κ1) is 20.3. The monoisotopic (exact) mass is 366 g/mol. The summed E-state index contributed by atoms with van der Waals surface area (Å²) in [6.45, 7) is 8.22. The number of nitrogens with zero attached hydrogens (tertiary/aromatic N) is 2. The topological polar surface area (TPSA) is 62.6 Å². The molecule has 1 amide bonds. The Labute approximate surface area is 161 Å². The van der Waals surface area contributed by atoms with Gasteiger partial charge in [-0.3, -0.25) is 4.79 Å². The molecule has 2 rings (SSSR count). The summed E-state index contributed by atoms with van der Waals surface area (Å²) in [6.07, 6.45) is 0.257. The minimum Gasteiger partial charge on any atom is -0.493 e. The summed E-state index contributed by atoms with van der Waals surface area (Å²) >= 11 is 0. The molecule has 0 aromatic heterocycles. The maximum atomic E-state index is 13.2. The summed E-state index contributed by atoms with van der Waals surface area (Å²) in [5.41, 5.74) is 3.52. The van der Waals surface area contributed by atoms with Gasteiger partial charge in [0, 0.05) is 17.8 Å². The van der Waals surface area contributed by atoms with Crippen LogP contribution in [0.2, 0.25) is 0 Å². The molecule has 27 heavy (non-hydrogen) atoms. The van der Waals surface area contributed by atoms with Gasteiger partial charge in [0.15, 0.2) is 11.5 Å². The summed E-state index contributed by atoms with van der Waals surface area (Å²) in [4.78, 5) is 14.8. The number of carbonyl (C=O) groups is 1. The van der Waals surface area contributed by atoms with E-state index in [1.807, 2.05) is 45.9 Å². The quantitative estimate of drug-likeness (QED) is 0.715. The Morgan fingerprint density at radius 1 is 1.11 bits per heavy atom. The third-order valence-corrected chi connectivity index (χ3v) is 4.27. The van der Waals surface area contributed by atoms with E-state index in [-0.39, 0.29) is 18.4 Å². The predicted octanol–water partition coefficient (Wildman–Crippen LogP) is 4.66. The van der Waals surface area contributed by atoms with Crippen molar-refractivity contribution in [2.75, 3.05) is 18.6 Å². The molecule has 0 atom stereocenters. The predicted molar refractivity (Wildman–Crippen MR) is 107 cm³/mol. The van der Waals surface area contributed by atoms with Crippen LogP contribution in [0.15, 0.2) is 36.4 Å². The number of ether oxygens (including phenoxy) is 2. The summed E-state index contributed by atoms with van der Waals surface area (Å²) in [5, 5.41) is 8.99. The van der Waals surface area contributed by atoms with Crippen LogP contribution in [0.1, 0.15) is 41.8 Å². The number of amides is 1. The molecule has 2 aromatic rings. The van der Waals surface area contributed by atoms with Gasteiger partial charge < -0.3 is 14.4 Å². The van der Waals surface area contributed by atoms with Gasteiger partial charge in [-0.25, -0.2) is 0 Å². The number of carbonyl (C=O) groups excluding carboxylic acids is 1. The second-order valence-corrected chi connectivity index (χ2v) is 6.67. The second kappa shape index (κ2) is 9.09. The number of benzene rings is 2. The normalized spacial score (nSPS) is 10.4. The Morgan fingerprint density at radius 2 is 1.85 bits per heavy atom. The van der Waals surface area contributed by atoms with E-state index in [1.165, 1.54) is 0 Å². The molecule has 5 heteroatoms. The maximum Gasteiger partial charge on any atom is 0.258 e. The molecule has 5 nitrogen and oxygen atoms in total. The SMILES string of the molecule is COc1cc(C(=O)N(CCC#N)c2ccc(C)c(C)c2)ccc1OC(C)C. The van der Waals surface area contributed by atoms with Gasteiger partial charge in [0.2, 0.25) is 0 Å². The van der Waals surface area contributed by atoms with E-state index in [0.717, 1.165) is 16.8 Å². The van der Waals surface area contributed by atoms with Crippen LogP contribution < -0.4 is 14.4 Å². The van der Waals surface area contributed by atoms with E-state index in [1.54, 1.807) is 30.2 Å². The number of anilines is 1. The fourth-order valence-electron chi connectivity index (χ4n) is 2.71. The summed E-state index contributed by atoms with van der Waals surface area (Å²) in [5.74, 6) is 0.927. The zero-order valence-electron chi connectivity index (χ0n) is 16.6. The average Bonchev–Trinajstić information content (AvgIpc) is 2.64. The largest absolute Gasteiger partial charge is 0.493 e. The highest BCUT2D eigenvalue weighted by atomic mass is 16.5. The lowest BCUT2D eigenvalue weighted by Crippen LogP contribution is -2.32. The van der Waals surface area contributed by atoms with Crippen molar-refractivity contribution in [1.82, 2.24) is 0 Å².